The van der Waals surface area contributed by atoms with Crippen LogP contribution in [0.5, 0.6) is 0 Å². The quantitative estimate of drug-likeness (QED) is 0.668. The van der Waals surface area contributed by atoms with Crippen LogP contribution >= 0.6 is 0 Å². The summed E-state index contributed by atoms with van der Waals surface area (Å²) in [4.78, 5) is 29.5. The Kier molecular flexibility index (Phi) is 7.78. The number of nitrogens with zero attached hydrogens (tertiary/aromatic N) is 2. The number of hydrogen-bond acceptors (Lipinski definition) is 3. The summed E-state index contributed by atoms with van der Waals surface area (Å²) in [5.41, 5.74) is 2.54. The van der Waals surface area contributed by atoms with E-state index in [2.05, 4.69) is 31.4 Å². The Morgan fingerprint density at radius 2 is 1.77 bits per heavy atom. The van der Waals surface area contributed by atoms with Crippen LogP contribution in [0, 0.1) is 11.8 Å². The van der Waals surface area contributed by atoms with Gasteiger partial charge in [-0.25, -0.2) is 4.79 Å². The Bertz CT molecular complexity index is 748. The monoisotopic (exact) mass is 416 g/mol. The van der Waals surface area contributed by atoms with E-state index in [-0.39, 0.29) is 29.4 Å². The second-order valence-corrected chi connectivity index (χ2v) is 10.1. The molecule has 1 aromatic rings. The third-order valence-electron chi connectivity index (χ3n) is 5.84. The smallest absolute Gasteiger partial charge is 0.318 e. The molecule has 0 aromatic heterocycles. The van der Waals surface area contributed by atoms with E-state index in [0.717, 1.165) is 36.2 Å². The molecule has 168 valence electrons. The maximum Gasteiger partial charge on any atom is 0.318 e. The van der Waals surface area contributed by atoms with E-state index < -0.39 is 0 Å². The Morgan fingerprint density at radius 1 is 1.13 bits per heavy atom. The van der Waals surface area contributed by atoms with Gasteiger partial charge >= 0.3 is 6.03 Å². The number of anilines is 2. The fourth-order valence-corrected chi connectivity index (χ4v) is 3.48. The largest absolute Gasteiger partial charge is 0.377 e. The van der Waals surface area contributed by atoms with Gasteiger partial charge in [-0.3, -0.25) is 4.79 Å². The second-order valence-electron chi connectivity index (χ2n) is 10.1. The minimum atomic E-state index is -0.311. The SMILES string of the molecule is CC(C)[C@H](C)N(Cc1cc(NC(=O)C2CCC2)ccc1N(C)C)C(=O)NC(C)(C)C. The zero-order chi connectivity index (χ0) is 22.6. The second kappa shape index (κ2) is 9.71. The molecule has 6 heteroatoms. The predicted molar refractivity (Wildman–Crippen MR) is 125 cm³/mol. The van der Waals surface area contributed by atoms with Crippen LogP contribution in [0.2, 0.25) is 0 Å². The molecular formula is C24H40N4O2. The Balaban J connectivity index is 2.32. The highest BCUT2D eigenvalue weighted by Gasteiger charge is 2.28. The van der Waals surface area contributed by atoms with Gasteiger partial charge in [-0.1, -0.05) is 20.3 Å². The normalized spacial score (nSPS) is 15.4. The Hall–Kier alpha value is -2.24. The zero-order valence-electron chi connectivity index (χ0n) is 20.0. The highest BCUT2D eigenvalue weighted by molar-refractivity contribution is 5.93. The predicted octanol–water partition coefficient (Wildman–Crippen LogP) is 4.85. The van der Waals surface area contributed by atoms with Crippen LogP contribution in [-0.4, -0.2) is 42.5 Å². The lowest BCUT2D eigenvalue weighted by Crippen LogP contribution is -2.52. The van der Waals surface area contributed by atoms with Gasteiger partial charge < -0.3 is 20.4 Å². The summed E-state index contributed by atoms with van der Waals surface area (Å²) >= 11 is 0. The number of urea groups is 1. The molecule has 0 radical (unpaired) electrons. The van der Waals surface area contributed by atoms with Crippen molar-refractivity contribution in [2.24, 2.45) is 11.8 Å². The molecule has 2 rings (SSSR count). The van der Waals surface area contributed by atoms with Gasteiger partial charge in [0.1, 0.15) is 0 Å². The number of amides is 3. The average Bonchev–Trinajstić information content (AvgIpc) is 2.55. The first-order chi connectivity index (χ1) is 13.9. The van der Waals surface area contributed by atoms with Gasteiger partial charge in [0, 0.05) is 49.5 Å². The van der Waals surface area contributed by atoms with E-state index in [4.69, 9.17) is 0 Å². The summed E-state index contributed by atoms with van der Waals surface area (Å²) in [6.07, 6.45) is 3.08. The minimum Gasteiger partial charge on any atom is -0.377 e. The average molecular weight is 417 g/mol. The number of carbonyl (C=O) groups is 2. The number of hydrogen-bond donors (Lipinski definition) is 2. The van der Waals surface area contributed by atoms with Crippen LogP contribution in [-0.2, 0) is 11.3 Å². The maximum absolute atomic E-state index is 13.1. The van der Waals surface area contributed by atoms with Crippen molar-refractivity contribution in [2.75, 3.05) is 24.3 Å². The third-order valence-corrected chi connectivity index (χ3v) is 5.84. The molecule has 1 fully saturated rings. The molecule has 1 aromatic carbocycles. The lowest BCUT2D eigenvalue weighted by Gasteiger charge is -2.35. The van der Waals surface area contributed by atoms with Crippen molar-refractivity contribution in [1.82, 2.24) is 10.2 Å². The molecular weight excluding hydrogens is 376 g/mol. The summed E-state index contributed by atoms with van der Waals surface area (Å²) in [5.74, 6) is 0.555. The van der Waals surface area contributed by atoms with Gasteiger partial charge in [0.25, 0.3) is 0 Å². The molecule has 1 saturated carbocycles. The molecule has 6 nitrogen and oxygen atoms in total. The van der Waals surface area contributed by atoms with Crippen LogP contribution in [0.15, 0.2) is 18.2 Å². The van der Waals surface area contributed by atoms with E-state index >= 15 is 0 Å². The Morgan fingerprint density at radius 3 is 2.23 bits per heavy atom. The lowest BCUT2D eigenvalue weighted by atomic mass is 9.85. The van der Waals surface area contributed by atoms with Gasteiger partial charge in [-0.2, -0.15) is 0 Å². The molecule has 30 heavy (non-hydrogen) atoms. The number of rotatable bonds is 7. The fourth-order valence-electron chi connectivity index (χ4n) is 3.48. The van der Waals surface area contributed by atoms with E-state index in [1.54, 1.807) is 0 Å². The molecule has 0 saturated heterocycles. The van der Waals surface area contributed by atoms with Crippen LogP contribution in [0.25, 0.3) is 0 Å². The summed E-state index contributed by atoms with van der Waals surface area (Å²) < 4.78 is 0. The number of carbonyl (C=O) groups excluding carboxylic acids is 2. The summed E-state index contributed by atoms with van der Waals surface area (Å²) in [6, 6.07) is 5.97. The van der Waals surface area contributed by atoms with Gasteiger partial charge in [0.2, 0.25) is 5.91 Å². The molecule has 0 bridgehead atoms. The van der Waals surface area contributed by atoms with Gasteiger partial charge in [0.15, 0.2) is 0 Å². The van der Waals surface area contributed by atoms with Crippen molar-refractivity contribution in [3.63, 3.8) is 0 Å². The molecule has 1 aliphatic carbocycles. The highest BCUT2D eigenvalue weighted by Crippen LogP contribution is 2.30. The summed E-state index contributed by atoms with van der Waals surface area (Å²) in [7, 11) is 3.99. The molecule has 1 atom stereocenters. The highest BCUT2D eigenvalue weighted by atomic mass is 16.2. The van der Waals surface area contributed by atoms with Crippen LogP contribution in [0.1, 0.15) is 66.4 Å². The first-order valence-corrected chi connectivity index (χ1v) is 11.1. The van der Waals surface area contributed by atoms with Crippen molar-refractivity contribution in [2.45, 2.75) is 78.9 Å². The first-order valence-electron chi connectivity index (χ1n) is 11.1. The third kappa shape index (κ3) is 6.38. The van der Waals surface area contributed by atoms with Crippen LogP contribution in [0.3, 0.4) is 0 Å². The van der Waals surface area contributed by atoms with Gasteiger partial charge in [-0.15, -0.1) is 0 Å². The standard InChI is InChI=1S/C24H40N4O2/c1-16(2)17(3)28(23(30)26-24(4,5)6)15-19-14-20(12-13-21(19)27(7)8)25-22(29)18-10-9-11-18/h12-14,16-18H,9-11,15H2,1-8H3,(H,25,29)(H,26,30)/t17-/m0/s1. The van der Waals surface area contributed by atoms with Crippen molar-refractivity contribution < 1.29 is 9.59 Å². The molecule has 0 aliphatic heterocycles. The summed E-state index contributed by atoms with van der Waals surface area (Å²) in [5, 5.41) is 6.17. The number of nitrogens with one attached hydrogen (secondary N) is 2. The van der Waals surface area contributed by atoms with E-state index in [9.17, 15) is 9.59 Å². The molecule has 2 N–H and O–H groups in total. The van der Waals surface area contributed by atoms with Crippen molar-refractivity contribution in [3.05, 3.63) is 23.8 Å². The zero-order valence-corrected chi connectivity index (χ0v) is 20.0. The van der Waals surface area contributed by atoms with E-state index in [1.807, 2.05) is 62.9 Å². The van der Waals surface area contributed by atoms with Gasteiger partial charge in [-0.05, 0) is 70.2 Å². The number of benzene rings is 1. The minimum absolute atomic E-state index is 0.0654. The molecule has 3 amide bonds. The van der Waals surface area contributed by atoms with E-state index in [1.165, 1.54) is 0 Å². The first kappa shape index (κ1) is 24.0. The molecule has 0 spiro atoms. The molecule has 1 aliphatic rings. The van der Waals surface area contributed by atoms with Crippen molar-refractivity contribution in [3.8, 4) is 0 Å². The lowest BCUT2D eigenvalue weighted by molar-refractivity contribution is -0.122. The van der Waals surface area contributed by atoms with E-state index in [0.29, 0.717) is 12.5 Å². The Labute approximate surface area is 182 Å². The van der Waals surface area contributed by atoms with Gasteiger partial charge in [0.05, 0.1) is 0 Å². The fraction of sp³-hybridized carbons (Fsp3) is 0.667. The topological polar surface area (TPSA) is 64.7 Å². The maximum atomic E-state index is 13.1. The van der Waals surface area contributed by atoms with Crippen molar-refractivity contribution >= 4 is 23.3 Å². The van der Waals surface area contributed by atoms with Crippen LogP contribution < -0.4 is 15.5 Å². The van der Waals surface area contributed by atoms with Crippen molar-refractivity contribution in [1.29, 1.82) is 0 Å². The van der Waals surface area contributed by atoms with Crippen LogP contribution in [0.4, 0.5) is 16.2 Å². The molecule has 0 heterocycles. The molecule has 0 unspecified atom stereocenters. The summed E-state index contributed by atoms with van der Waals surface area (Å²) in [6.45, 7) is 12.8.